The van der Waals surface area contributed by atoms with Crippen LogP contribution in [0.4, 0.5) is 0 Å². The average molecular weight is 1310 g/mol. The molecule has 0 rings (SSSR count). The summed E-state index contributed by atoms with van der Waals surface area (Å²) in [6.07, 6.45) is 47.5. The number of unbranched alkanes of at least 4 members (excludes halogenated alkanes) is 39. The lowest BCUT2D eigenvalue weighted by Crippen LogP contribution is -2.30. The second-order valence-electron chi connectivity index (χ2n) is 26.2. The third-order valence-electron chi connectivity index (χ3n) is 16.2. The minimum absolute atomic E-state index is 0.106. The number of esters is 4. The molecule has 0 aliphatic rings. The Bertz CT molecular complexity index is 1730. The molecule has 0 aromatic heterocycles. The standard InChI is InChI=1S/C70H136O17P2/c1-7-9-11-13-14-15-16-25-31-36-42-48-54-69(74)86-65(58-80-67(72)52-46-38-12-10-8-2)60-84-88(76,77)82-56-64(71)57-83-89(78,79)85-61-66(87-70(75)55-49-43-37-32-27-22-18-20-24-29-34-40-45-51-63(5)6)59-81-68(73)53-47-41-35-30-26-21-17-19-23-28-33-39-44-50-62(3)4/h62-66,71H,7-61H2,1-6H3,(H,76,77)(H,78,79)/t64-,65+,66+/m0/s1. The van der Waals surface area contributed by atoms with Gasteiger partial charge in [-0.05, 0) is 37.5 Å². The molecule has 17 nitrogen and oxygen atoms in total. The van der Waals surface area contributed by atoms with Crippen LogP contribution in [-0.4, -0.2) is 96.7 Å². The summed E-state index contributed by atoms with van der Waals surface area (Å²) in [5.74, 6) is -0.556. The van der Waals surface area contributed by atoms with E-state index in [4.69, 9.17) is 37.0 Å². The third kappa shape index (κ3) is 64.6. The van der Waals surface area contributed by atoms with Gasteiger partial charge in [-0.2, -0.15) is 0 Å². The molecule has 0 amide bonds. The van der Waals surface area contributed by atoms with Crippen LogP contribution >= 0.6 is 15.6 Å². The molecule has 0 radical (unpaired) electrons. The minimum atomic E-state index is -4.95. The molecular formula is C70H136O17P2. The number of hydrogen-bond donors (Lipinski definition) is 3. The fourth-order valence-corrected chi connectivity index (χ4v) is 12.2. The molecule has 2 unspecified atom stereocenters. The topological polar surface area (TPSA) is 237 Å². The smallest absolute Gasteiger partial charge is 0.462 e. The maximum Gasteiger partial charge on any atom is 0.472 e. The lowest BCUT2D eigenvalue weighted by atomic mass is 10.0. The van der Waals surface area contributed by atoms with Crippen molar-refractivity contribution in [1.82, 2.24) is 0 Å². The predicted octanol–water partition coefficient (Wildman–Crippen LogP) is 20.0. The van der Waals surface area contributed by atoms with Crippen LogP contribution in [0.15, 0.2) is 0 Å². The fourth-order valence-electron chi connectivity index (χ4n) is 10.6. The van der Waals surface area contributed by atoms with Crippen LogP contribution in [0.1, 0.15) is 356 Å². The normalized spacial score (nSPS) is 14.1. The molecular weight excluding hydrogens is 1170 g/mol. The number of phosphoric acid groups is 2. The molecule has 0 saturated carbocycles. The first-order valence-electron chi connectivity index (χ1n) is 36.5. The van der Waals surface area contributed by atoms with E-state index in [-0.39, 0.29) is 25.7 Å². The molecule has 0 aliphatic heterocycles. The van der Waals surface area contributed by atoms with Crippen molar-refractivity contribution in [2.24, 2.45) is 11.8 Å². The van der Waals surface area contributed by atoms with E-state index in [0.29, 0.717) is 25.7 Å². The van der Waals surface area contributed by atoms with Gasteiger partial charge in [0, 0.05) is 25.7 Å². The highest BCUT2D eigenvalue weighted by atomic mass is 31.2. The fraction of sp³-hybridized carbons (Fsp3) is 0.943. The summed E-state index contributed by atoms with van der Waals surface area (Å²) in [4.78, 5) is 72.3. The zero-order valence-electron chi connectivity index (χ0n) is 57.7. The maximum absolute atomic E-state index is 13.0. The van der Waals surface area contributed by atoms with E-state index in [2.05, 4.69) is 41.5 Å². The molecule has 0 bridgehead atoms. The maximum atomic E-state index is 13.0. The van der Waals surface area contributed by atoms with Gasteiger partial charge in [0.05, 0.1) is 26.4 Å². The molecule has 528 valence electrons. The summed E-state index contributed by atoms with van der Waals surface area (Å²) in [5.41, 5.74) is 0. The number of hydrogen-bond acceptors (Lipinski definition) is 15. The number of phosphoric ester groups is 2. The minimum Gasteiger partial charge on any atom is -0.462 e. The molecule has 0 spiro atoms. The molecule has 0 aliphatic carbocycles. The van der Waals surface area contributed by atoms with Crippen molar-refractivity contribution < 1.29 is 80.2 Å². The first kappa shape index (κ1) is 87.1. The van der Waals surface area contributed by atoms with Crippen molar-refractivity contribution in [1.29, 1.82) is 0 Å². The van der Waals surface area contributed by atoms with Crippen molar-refractivity contribution >= 4 is 39.5 Å². The Morgan fingerprint density at radius 1 is 0.303 bits per heavy atom. The Morgan fingerprint density at radius 3 is 0.764 bits per heavy atom. The predicted molar refractivity (Wildman–Crippen MR) is 358 cm³/mol. The van der Waals surface area contributed by atoms with Crippen molar-refractivity contribution in [3.8, 4) is 0 Å². The molecule has 3 N–H and O–H groups in total. The molecule has 19 heteroatoms. The van der Waals surface area contributed by atoms with Crippen LogP contribution in [-0.2, 0) is 65.4 Å². The first-order valence-corrected chi connectivity index (χ1v) is 39.5. The van der Waals surface area contributed by atoms with E-state index in [1.165, 1.54) is 167 Å². The van der Waals surface area contributed by atoms with Crippen molar-refractivity contribution in [2.75, 3.05) is 39.6 Å². The first-order chi connectivity index (χ1) is 42.9. The molecule has 89 heavy (non-hydrogen) atoms. The van der Waals surface area contributed by atoms with Gasteiger partial charge in [0.1, 0.15) is 19.3 Å². The van der Waals surface area contributed by atoms with Gasteiger partial charge in [-0.15, -0.1) is 0 Å². The molecule has 0 heterocycles. The Balaban J connectivity index is 5.16. The number of carbonyl (C=O) groups excluding carboxylic acids is 4. The summed E-state index contributed by atoms with van der Waals surface area (Å²) in [7, 11) is -9.89. The van der Waals surface area contributed by atoms with Gasteiger partial charge in [0.25, 0.3) is 0 Å². The number of aliphatic hydroxyl groups is 1. The summed E-state index contributed by atoms with van der Waals surface area (Å²) in [6.45, 7) is 9.50. The molecule has 0 aromatic carbocycles. The SMILES string of the molecule is CCCCCCCCCCCCCCC(=O)O[C@H](COC(=O)CCCCCCC)COP(=O)(O)OC[C@H](O)COP(=O)(O)OC[C@@H](COC(=O)CCCCCCCCCCCCCCCC(C)C)OC(=O)CCCCCCCCCCCCCCCC(C)C. The largest absolute Gasteiger partial charge is 0.472 e. The quantitative estimate of drug-likeness (QED) is 0.0222. The lowest BCUT2D eigenvalue weighted by molar-refractivity contribution is -0.161. The summed E-state index contributed by atoms with van der Waals surface area (Å²) in [6, 6.07) is 0. The second kappa shape index (κ2) is 62.2. The van der Waals surface area contributed by atoms with Crippen LogP contribution in [0.25, 0.3) is 0 Å². The van der Waals surface area contributed by atoms with E-state index in [0.717, 1.165) is 108 Å². The average Bonchev–Trinajstić information content (AvgIpc) is 3.60. The van der Waals surface area contributed by atoms with E-state index in [1.54, 1.807) is 0 Å². The Hall–Kier alpha value is -1.94. The zero-order chi connectivity index (χ0) is 65.7. The van der Waals surface area contributed by atoms with Crippen LogP contribution in [0.5, 0.6) is 0 Å². The Labute approximate surface area is 543 Å². The van der Waals surface area contributed by atoms with Crippen LogP contribution in [0.2, 0.25) is 0 Å². The molecule has 0 fully saturated rings. The van der Waals surface area contributed by atoms with Crippen LogP contribution in [0.3, 0.4) is 0 Å². The van der Waals surface area contributed by atoms with Gasteiger partial charge >= 0.3 is 39.5 Å². The third-order valence-corrected chi connectivity index (χ3v) is 18.1. The molecule has 0 saturated heterocycles. The Morgan fingerprint density at radius 2 is 0.517 bits per heavy atom. The monoisotopic (exact) mass is 1310 g/mol. The number of ether oxygens (including phenoxy) is 4. The summed E-state index contributed by atoms with van der Waals surface area (Å²) >= 11 is 0. The van der Waals surface area contributed by atoms with Gasteiger partial charge < -0.3 is 33.8 Å². The number of carbonyl (C=O) groups is 4. The van der Waals surface area contributed by atoms with Crippen LogP contribution in [0, 0.1) is 11.8 Å². The van der Waals surface area contributed by atoms with Crippen molar-refractivity contribution in [2.45, 2.75) is 374 Å². The van der Waals surface area contributed by atoms with E-state index in [9.17, 15) is 43.2 Å². The van der Waals surface area contributed by atoms with Gasteiger partial charge in [-0.3, -0.25) is 37.3 Å². The highest BCUT2D eigenvalue weighted by molar-refractivity contribution is 7.47. The van der Waals surface area contributed by atoms with Gasteiger partial charge in [-0.25, -0.2) is 9.13 Å². The summed E-state index contributed by atoms with van der Waals surface area (Å²) < 4.78 is 68.1. The highest BCUT2D eigenvalue weighted by Gasteiger charge is 2.30. The Kier molecular flexibility index (Phi) is 60.8. The lowest BCUT2D eigenvalue weighted by Gasteiger charge is -2.21. The molecule has 0 aromatic rings. The zero-order valence-corrected chi connectivity index (χ0v) is 59.5. The number of rotatable bonds is 69. The van der Waals surface area contributed by atoms with E-state index in [1.807, 2.05) is 0 Å². The van der Waals surface area contributed by atoms with Gasteiger partial charge in [0.2, 0.25) is 0 Å². The summed E-state index contributed by atoms with van der Waals surface area (Å²) in [5, 5.41) is 10.6. The number of aliphatic hydroxyl groups excluding tert-OH is 1. The van der Waals surface area contributed by atoms with Crippen molar-refractivity contribution in [3.63, 3.8) is 0 Å². The van der Waals surface area contributed by atoms with Crippen LogP contribution < -0.4 is 0 Å². The second-order valence-corrected chi connectivity index (χ2v) is 29.1. The van der Waals surface area contributed by atoms with E-state index >= 15 is 0 Å². The van der Waals surface area contributed by atoms with E-state index < -0.39 is 97.5 Å². The van der Waals surface area contributed by atoms with Crippen molar-refractivity contribution in [3.05, 3.63) is 0 Å². The van der Waals surface area contributed by atoms with Gasteiger partial charge in [0.15, 0.2) is 12.2 Å². The molecule has 5 atom stereocenters. The highest BCUT2D eigenvalue weighted by Crippen LogP contribution is 2.45. The van der Waals surface area contributed by atoms with Gasteiger partial charge in [-0.1, -0.05) is 305 Å².